The summed E-state index contributed by atoms with van der Waals surface area (Å²) in [6.45, 7) is 6.01. The Bertz CT molecular complexity index is 538. The van der Waals surface area contributed by atoms with Gasteiger partial charge in [0.05, 0.1) is 19.3 Å². The zero-order chi connectivity index (χ0) is 16.0. The summed E-state index contributed by atoms with van der Waals surface area (Å²) in [5.74, 6) is 0.208. The van der Waals surface area contributed by atoms with Gasteiger partial charge < -0.3 is 9.47 Å². The molecule has 1 aromatic carbocycles. The molecule has 0 aliphatic carbocycles. The van der Waals surface area contributed by atoms with Crippen molar-refractivity contribution in [3.8, 4) is 5.75 Å². The minimum atomic E-state index is -0.313. The predicted octanol–water partition coefficient (Wildman–Crippen LogP) is 3.88. The van der Waals surface area contributed by atoms with Crippen LogP contribution in [-0.4, -0.2) is 25.5 Å². The van der Waals surface area contributed by atoms with Gasteiger partial charge in [0.25, 0.3) is 0 Å². The molecule has 0 N–H and O–H groups in total. The third-order valence-electron chi connectivity index (χ3n) is 3.24. The van der Waals surface area contributed by atoms with E-state index in [0.29, 0.717) is 34.9 Å². The molecule has 0 bridgehead atoms. The van der Waals surface area contributed by atoms with Crippen molar-refractivity contribution in [1.82, 2.24) is 0 Å². The van der Waals surface area contributed by atoms with Crippen molar-refractivity contribution in [2.45, 2.75) is 40.0 Å². The number of hydrogen-bond acceptors (Lipinski definition) is 4. The second kappa shape index (κ2) is 8.03. The van der Waals surface area contributed by atoms with Gasteiger partial charge in [0.1, 0.15) is 5.75 Å². The van der Waals surface area contributed by atoms with Gasteiger partial charge in [0.2, 0.25) is 0 Å². The summed E-state index contributed by atoms with van der Waals surface area (Å²) in [5, 5.41) is 0.548. The van der Waals surface area contributed by atoms with E-state index >= 15 is 0 Å². The number of ether oxygens (including phenoxy) is 2. The Balaban J connectivity index is 2.99. The molecule has 0 aromatic heterocycles. The lowest BCUT2D eigenvalue weighted by molar-refractivity contribution is -0.140. The summed E-state index contributed by atoms with van der Waals surface area (Å²) < 4.78 is 10.2. The molecule has 1 aromatic rings. The van der Waals surface area contributed by atoms with Crippen LogP contribution in [0.3, 0.4) is 0 Å². The van der Waals surface area contributed by atoms with E-state index in [1.807, 2.05) is 13.8 Å². The number of ketones is 1. The summed E-state index contributed by atoms with van der Waals surface area (Å²) >= 11 is 6.16. The van der Waals surface area contributed by atoms with Gasteiger partial charge in [-0.3, -0.25) is 9.59 Å². The number of benzene rings is 1. The number of methoxy groups -OCH3 is 1. The van der Waals surface area contributed by atoms with E-state index in [4.69, 9.17) is 16.3 Å². The van der Waals surface area contributed by atoms with Gasteiger partial charge in [-0.25, -0.2) is 0 Å². The molecule has 0 saturated carbocycles. The molecule has 0 amide bonds. The summed E-state index contributed by atoms with van der Waals surface area (Å²) in [6, 6.07) is 1.80. The molecule has 116 valence electrons. The molecule has 0 heterocycles. The Kier molecular flexibility index (Phi) is 6.69. The first-order valence-corrected chi connectivity index (χ1v) is 7.32. The third kappa shape index (κ3) is 4.46. The fourth-order valence-electron chi connectivity index (χ4n) is 2.14. The van der Waals surface area contributed by atoms with Crippen molar-refractivity contribution in [3.05, 3.63) is 27.8 Å². The molecule has 21 heavy (non-hydrogen) atoms. The molecule has 0 radical (unpaired) electrons. The summed E-state index contributed by atoms with van der Waals surface area (Å²) in [5.41, 5.74) is 2.07. The molecule has 0 saturated heterocycles. The first-order chi connectivity index (χ1) is 9.92. The van der Waals surface area contributed by atoms with Crippen molar-refractivity contribution >= 4 is 23.4 Å². The molecule has 0 atom stereocenters. The van der Waals surface area contributed by atoms with Crippen LogP contribution >= 0.6 is 11.6 Å². The van der Waals surface area contributed by atoms with Gasteiger partial charge in [-0.1, -0.05) is 11.6 Å². The zero-order valence-electron chi connectivity index (χ0n) is 12.9. The molecule has 0 spiro atoms. The van der Waals surface area contributed by atoms with Crippen LogP contribution in [0, 0.1) is 13.8 Å². The number of aryl methyl sites for hydroxylation is 1. The van der Waals surface area contributed by atoms with Crippen LogP contribution in [-0.2, 0) is 9.53 Å². The van der Waals surface area contributed by atoms with Gasteiger partial charge in [-0.05, 0) is 44.4 Å². The van der Waals surface area contributed by atoms with Crippen molar-refractivity contribution in [2.24, 2.45) is 0 Å². The monoisotopic (exact) mass is 312 g/mol. The summed E-state index contributed by atoms with van der Waals surface area (Å²) in [4.78, 5) is 23.5. The Morgan fingerprint density at radius 2 is 1.90 bits per heavy atom. The highest BCUT2D eigenvalue weighted by Crippen LogP contribution is 2.33. The van der Waals surface area contributed by atoms with Crippen LogP contribution in [0.1, 0.15) is 47.7 Å². The maximum absolute atomic E-state index is 12.4. The summed E-state index contributed by atoms with van der Waals surface area (Å²) in [6.07, 6.45) is 0.933. The van der Waals surface area contributed by atoms with Crippen LogP contribution in [0.15, 0.2) is 6.07 Å². The van der Waals surface area contributed by atoms with Crippen molar-refractivity contribution in [2.75, 3.05) is 13.7 Å². The number of esters is 1. The van der Waals surface area contributed by atoms with Gasteiger partial charge in [0, 0.05) is 17.9 Å². The maximum atomic E-state index is 12.4. The SMILES string of the molecule is CCOc1c(C)cc(Cl)c(C)c1C(=O)CCCC(=O)OC. The zero-order valence-corrected chi connectivity index (χ0v) is 13.7. The van der Waals surface area contributed by atoms with E-state index in [0.717, 1.165) is 5.56 Å². The topological polar surface area (TPSA) is 52.6 Å². The highest BCUT2D eigenvalue weighted by Gasteiger charge is 2.20. The van der Waals surface area contributed by atoms with Gasteiger partial charge >= 0.3 is 5.97 Å². The smallest absolute Gasteiger partial charge is 0.305 e. The van der Waals surface area contributed by atoms with E-state index in [-0.39, 0.29) is 24.6 Å². The minimum Gasteiger partial charge on any atom is -0.493 e. The summed E-state index contributed by atoms with van der Waals surface area (Å²) in [7, 11) is 1.34. The van der Waals surface area contributed by atoms with E-state index in [1.54, 1.807) is 13.0 Å². The quantitative estimate of drug-likeness (QED) is 0.566. The lowest BCUT2D eigenvalue weighted by Gasteiger charge is -2.16. The van der Waals surface area contributed by atoms with Gasteiger partial charge in [-0.15, -0.1) is 0 Å². The number of rotatable bonds is 7. The number of carbonyl (C=O) groups is 2. The average molecular weight is 313 g/mol. The van der Waals surface area contributed by atoms with Crippen LogP contribution in [0.4, 0.5) is 0 Å². The number of halogens is 1. The molecule has 0 aliphatic rings. The lowest BCUT2D eigenvalue weighted by Crippen LogP contribution is -2.09. The molecule has 0 aliphatic heterocycles. The molecular weight excluding hydrogens is 292 g/mol. The van der Waals surface area contributed by atoms with Crippen molar-refractivity contribution in [3.63, 3.8) is 0 Å². The van der Waals surface area contributed by atoms with Crippen LogP contribution in [0.25, 0.3) is 0 Å². The first kappa shape index (κ1) is 17.5. The minimum absolute atomic E-state index is 0.0644. The molecular formula is C16H21ClO4. The van der Waals surface area contributed by atoms with Crippen molar-refractivity contribution in [1.29, 1.82) is 0 Å². The highest BCUT2D eigenvalue weighted by atomic mass is 35.5. The average Bonchev–Trinajstić information content (AvgIpc) is 2.44. The van der Waals surface area contributed by atoms with Gasteiger partial charge in [-0.2, -0.15) is 0 Å². The van der Waals surface area contributed by atoms with E-state index < -0.39 is 0 Å². The molecule has 0 fully saturated rings. The van der Waals surface area contributed by atoms with E-state index in [1.165, 1.54) is 7.11 Å². The predicted molar refractivity (Wildman–Crippen MR) is 82.3 cm³/mol. The Morgan fingerprint density at radius 1 is 1.24 bits per heavy atom. The van der Waals surface area contributed by atoms with Crippen LogP contribution < -0.4 is 4.74 Å². The Labute approximate surface area is 130 Å². The second-order valence-electron chi connectivity index (χ2n) is 4.79. The fraction of sp³-hybridized carbons (Fsp3) is 0.500. The third-order valence-corrected chi connectivity index (χ3v) is 3.63. The van der Waals surface area contributed by atoms with Gasteiger partial charge in [0.15, 0.2) is 5.78 Å². The number of Topliss-reactive ketones (excluding diaryl/α,β-unsaturated/α-hetero) is 1. The largest absolute Gasteiger partial charge is 0.493 e. The molecule has 4 nitrogen and oxygen atoms in total. The Morgan fingerprint density at radius 3 is 2.48 bits per heavy atom. The normalized spacial score (nSPS) is 10.3. The van der Waals surface area contributed by atoms with E-state index in [9.17, 15) is 9.59 Å². The first-order valence-electron chi connectivity index (χ1n) is 6.94. The van der Waals surface area contributed by atoms with Crippen LogP contribution in [0.5, 0.6) is 5.75 Å². The maximum Gasteiger partial charge on any atom is 0.305 e. The van der Waals surface area contributed by atoms with Crippen molar-refractivity contribution < 1.29 is 19.1 Å². The van der Waals surface area contributed by atoms with Crippen LogP contribution in [0.2, 0.25) is 5.02 Å². The molecule has 1 rings (SSSR count). The Hall–Kier alpha value is -1.55. The van der Waals surface area contributed by atoms with E-state index in [2.05, 4.69) is 4.74 Å². The molecule has 0 unspecified atom stereocenters. The fourth-order valence-corrected chi connectivity index (χ4v) is 2.40. The second-order valence-corrected chi connectivity index (χ2v) is 5.20. The standard InChI is InChI=1S/C16H21ClO4/c1-5-21-16-10(2)9-12(17)11(3)15(16)13(18)7-6-8-14(19)20-4/h9H,5-8H2,1-4H3. The lowest BCUT2D eigenvalue weighted by atomic mass is 9.97. The molecule has 5 heteroatoms. The number of carbonyl (C=O) groups excluding carboxylic acids is 2. The number of hydrogen-bond donors (Lipinski definition) is 0. The highest BCUT2D eigenvalue weighted by molar-refractivity contribution is 6.32.